The van der Waals surface area contributed by atoms with E-state index in [9.17, 15) is 4.39 Å². The fourth-order valence-corrected chi connectivity index (χ4v) is 1.57. The molecule has 0 radical (unpaired) electrons. The van der Waals surface area contributed by atoms with Gasteiger partial charge in [-0.25, -0.2) is 4.39 Å². The third-order valence-corrected chi connectivity index (χ3v) is 3.45. The van der Waals surface area contributed by atoms with Crippen molar-refractivity contribution in [2.24, 2.45) is 0 Å². The molecule has 0 aliphatic carbocycles. The molecule has 0 saturated heterocycles. The molecular weight excluding hydrogens is 215 g/mol. The van der Waals surface area contributed by atoms with E-state index in [1.54, 1.807) is 12.1 Å². The van der Waals surface area contributed by atoms with Gasteiger partial charge in [-0.2, -0.15) is 5.26 Å². The number of hydrogen-bond donors (Lipinski definition) is 1. The van der Waals surface area contributed by atoms with Gasteiger partial charge in [0.15, 0.2) is 0 Å². The first-order valence-electron chi connectivity index (χ1n) is 5.98. The summed E-state index contributed by atoms with van der Waals surface area (Å²) in [6.45, 7) is 6.86. The molecule has 0 amide bonds. The smallest absolute Gasteiger partial charge is 0.129 e. The lowest BCUT2D eigenvalue weighted by atomic mass is 9.95. The third-order valence-electron chi connectivity index (χ3n) is 3.45. The Kier molecular flexibility index (Phi) is 4.65. The number of nitriles is 1. The molecule has 0 saturated carbocycles. The molecule has 0 atom stereocenters. The highest BCUT2D eigenvalue weighted by atomic mass is 19.1. The summed E-state index contributed by atoms with van der Waals surface area (Å²) in [5, 5.41) is 12.0. The highest BCUT2D eigenvalue weighted by molar-refractivity contribution is 5.32. The molecule has 1 aromatic rings. The first kappa shape index (κ1) is 13.7. The van der Waals surface area contributed by atoms with E-state index in [-0.39, 0.29) is 11.4 Å². The van der Waals surface area contributed by atoms with Crippen molar-refractivity contribution < 1.29 is 4.39 Å². The van der Waals surface area contributed by atoms with E-state index >= 15 is 0 Å². The predicted octanol–water partition coefficient (Wildman–Crippen LogP) is 3.37. The van der Waals surface area contributed by atoms with E-state index < -0.39 is 0 Å². The van der Waals surface area contributed by atoms with Gasteiger partial charge in [0.1, 0.15) is 5.82 Å². The van der Waals surface area contributed by atoms with Gasteiger partial charge in [0.2, 0.25) is 0 Å². The van der Waals surface area contributed by atoms with Gasteiger partial charge in [0.25, 0.3) is 0 Å². The van der Waals surface area contributed by atoms with Crippen LogP contribution in [0.2, 0.25) is 0 Å². The van der Waals surface area contributed by atoms with Crippen LogP contribution >= 0.6 is 0 Å². The van der Waals surface area contributed by atoms with Crippen LogP contribution in [0.5, 0.6) is 0 Å². The molecule has 0 unspecified atom stereocenters. The molecule has 0 bridgehead atoms. The van der Waals surface area contributed by atoms with E-state index in [2.05, 4.69) is 26.1 Å². The van der Waals surface area contributed by atoms with E-state index in [1.165, 1.54) is 6.07 Å². The summed E-state index contributed by atoms with van der Waals surface area (Å²) < 4.78 is 13.6. The lowest BCUT2D eigenvalue weighted by Gasteiger charge is -2.28. The number of hydrogen-bond acceptors (Lipinski definition) is 2. The van der Waals surface area contributed by atoms with Gasteiger partial charge in [0.05, 0.1) is 11.6 Å². The predicted molar refractivity (Wildman–Crippen MR) is 66.9 cm³/mol. The zero-order chi connectivity index (χ0) is 12.9. The van der Waals surface area contributed by atoms with Crippen LogP contribution in [0, 0.1) is 17.1 Å². The maximum absolute atomic E-state index is 13.6. The highest BCUT2D eigenvalue weighted by Crippen LogP contribution is 2.16. The number of nitrogens with zero attached hydrogens (tertiary/aromatic N) is 1. The largest absolute Gasteiger partial charge is 0.307 e. The number of rotatable bonds is 5. The second-order valence-electron chi connectivity index (χ2n) is 4.54. The van der Waals surface area contributed by atoms with Crippen molar-refractivity contribution in [3.63, 3.8) is 0 Å². The van der Waals surface area contributed by atoms with E-state index in [1.807, 2.05) is 6.07 Å². The maximum Gasteiger partial charge on any atom is 0.129 e. The lowest BCUT2D eigenvalue weighted by molar-refractivity contribution is 0.327. The molecule has 0 aliphatic rings. The Morgan fingerprint density at radius 3 is 2.47 bits per heavy atom. The topological polar surface area (TPSA) is 35.8 Å². The summed E-state index contributed by atoms with van der Waals surface area (Å²) in [5.74, 6) is -0.314. The van der Waals surface area contributed by atoms with Crippen LogP contribution in [0.1, 0.15) is 44.7 Å². The second-order valence-corrected chi connectivity index (χ2v) is 4.54. The van der Waals surface area contributed by atoms with Crippen LogP contribution in [-0.2, 0) is 6.54 Å². The molecule has 1 N–H and O–H groups in total. The van der Waals surface area contributed by atoms with Gasteiger partial charge in [-0.3, -0.25) is 0 Å². The average Bonchev–Trinajstić information content (AvgIpc) is 2.36. The molecule has 92 valence electrons. The summed E-state index contributed by atoms with van der Waals surface area (Å²) in [5.41, 5.74) is 1.01. The molecule has 17 heavy (non-hydrogen) atoms. The fraction of sp³-hybridized carbons (Fsp3) is 0.500. The maximum atomic E-state index is 13.6. The van der Waals surface area contributed by atoms with Gasteiger partial charge >= 0.3 is 0 Å². The van der Waals surface area contributed by atoms with Crippen LogP contribution in [0.15, 0.2) is 18.2 Å². The molecule has 3 heteroatoms. The van der Waals surface area contributed by atoms with Gasteiger partial charge in [0, 0.05) is 17.6 Å². The Hall–Kier alpha value is -1.40. The van der Waals surface area contributed by atoms with Crippen molar-refractivity contribution in [3.8, 4) is 6.07 Å². The molecule has 0 fully saturated rings. The highest BCUT2D eigenvalue weighted by Gasteiger charge is 2.18. The molecule has 1 aromatic carbocycles. The average molecular weight is 234 g/mol. The minimum Gasteiger partial charge on any atom is -0.307 e. The van der Waals surface area contributed by atoms with Crippen molar-refractivity contribution in [2.75, 3.05) is 0 Å². The zero-order valence-corrected chi connectivity index (χ0v) is 10.7. The van der Waals surface area contributed by atoms with E-state index in [0.717, 1.165) is 12.8 Å². The second kappa shape index (κ2) is 5.79. The van der Waals surface area contributed by atoms with Crippen LogP contribution in [0.3, 0.4) is 0 Å². The monoisotopic (exact) mass is 234 g/mol. The zero-order valence-electron chi connectivity index (χ0n) is 10.7. The molecule has 0 heterocycles. The summed E-state index contributed by atoms with van der Waals surface area (Å²) >= 11 is 0. The van der Waals surface area contributed by atoms with Gasteiger partial charge in [-0.15, -0.1) is 0 Å². The van der Waals surface area contributed by atoms with Crippen molar-refractivity contribution in [1.29, 1.82) is 5.26 Å². The quantitative estimate of drug-likeness (QED) is 0.848. The van der Waals surface area contributed by atoms with Crippen LogP contribution in [0.25, 0.3) is 0 Å². The first-order chi connectivity index (χ1) is 8.04. The lowest BCUT2D eigenvalue weighted by Crippen LogP contribution is -2.40. The third kappa shape index (κ3) is 3.54. The Labute approximate surface area is 102 Å². The van der Waals surface area contributed by atoms with E-state index in [4.69, 9.17) is 5.26 Å². The van der Waals surface area contributed by atoms with Crippen molar-refractivity contribution in [3.05, 3.63) is 35.1 Å². The Morgan fingerprint density at radius 2 is 2.00 bits per heavy atom. The van der Waals surface area contributed by atoms with E-state index in [0.29, 0.717) is 17.7 Å². The van der Waals surface area contributed by atoms with Crippen molar-refractivity contribution in [2.45, 2.75) is 45.7 Å². The Balaban J connectivity index is 2.74. The molecular formula is C14H19FN2. The van der Waals surface area contributed by atoms with Crippen LogP contribution in [0.4, 0.5) is 4.39 Å². The summed E-state index contributed by atoms with van der Waals surface area (Å²) in [7, 11) is 0. The van der Waals surface area contributed by atoms with Crippen molar-refractivity contribution in [1.82, 2.24) is 5.32 Å². The minimum atomic E-state index is -0.314. The summed E-state index contributed by atoms with van der Waals surface area (Å²) in [4.78, 5) is 0. The minimum absolute atomic E-state index is 0.0420. The SMILES string of the molecule is CCC(C)(CC)NCc1ccc(C#N)cc1F. The molecule has 0 spiro atoms. The Bertz CT molecular complexity index is 417. The normalized spacial score (nSPS) is 11.2. The number of nitrogens with one attached hydrogen (secondary N) is 1. The molecule has 0 aromatic heterocycles. The molecule has 2 nitrogen and oxygen atoms in total. The summed E-state index contributed by atoms with van der Waals surface area (Å²) in [6.07, 6.45) is 2.00. The molecule has 1 rings (SSSR count). The van der Waals surface area contributed by atoms with Gasteiger partial charge < -0.3 is 5.32 Å². The first-order valence-corrected chi connectivity index (χ1v) is 5.98. The van der Waals surface area contributed by atoms with Crippen LogP contribution < -0.4 is 5.32 Å². The van der Waals surface area contributed by atoms with Gasteiger partial charge in [-0.1, -0.05) is 19.9 Å². The fourth-order valence-electron chi connectivity index (χ4n) is 1.57. The molecule has 0 aliphatic heterocycles. The van der Waals surface area contributed by atoms with Gasteiger partial charge in [-0.05, 0) is 31.9 Å². The Morgan fingerprint density at radius 1 is 1.35 bits per heavy atom. The van der Waals surface area contributed by atoms with Crippen LogP contribution in [-0.4, -0.2) is 5.54 Å². The summed E-state index contributed by atoms with van der Waals surface area (Å²) in [6, 6.07) is 6.53. The van der Waals surface area contributed by atoms with Crippen molar-refractivity contribution >= 4 is 0 Å². The number of benzene rings is 1. The standard InChI is InChI=1S/C14H19FN2/c1-4-14(3,5-2)17-10-12-7-6-11(9-16)8-13(12)15/h6-8,17H,4-5,10H2,1-3H3. The number of halogens is 1.